The molecule has 130 valence electrons. The molecule has 0 unspecified atom stereocenters. The summed E-state index contributed by atoms with van der Waals surface area (Å²) in [6, 6.07) is 19.5. The molecule has 0 saturated carbocycles. The van der Waals surface area contributed by atoms with Gasteiger partial charge in [-0.15, -0.1) is 0 Å². The number of H-pyrrole nitrogens is 1. The van der Waals surface area contributed by atoms with Crippen LogP contribution in [0.2, 0.25) is 0 Å². The van der Waals surface area contributed by atoms with Gasteiger partial charge in [0.25, 0.3) is 5.56 Å². The zero-order valence-corrected chi connectivity index (χ0v) is 14.8. The smallest absolute Gasteiger partial charge is 0.272 e. The molecule has 0 aliphatic heterocycles. The monoisotopic (exact) mass is 344 g/mol. The van der Waals surface area contributed by atoms with E-state index in [0.29, 0.717) is 12.2 Å². The van der Waals surface area contributed by atoms with Crippen LogP contribution in [0.1, 0.15) is 16.8 Å². The van der Waals surface area contributed by atoms with E-state index >= 15 is 0 Å². The molecule has 0 fully saturated rings. The fourth-order valence-corrected chi connectivity index (χ4v) is 3.02. The van der Waals surface area contributed by atoms with Gasteiger partial charge in [0.1, 0.15) is 0 Å². The highest BCUT2D eigenvalue weighted by Gasteiger charge is 2.08. The van der Waals surface area contributed by atoms with Gasteiger partial charge in [-0.1, -0.05) is 42.5 Å². The van der Waals surface area contributed by atoms with E-state index in [0.717, 1.165) is 22.6 Å². The maximum absolute atomic E-state index is 12.4. The van der Waals surface area contributed by atoms with Crippen LogP contribution in [0.5, 0.6) is 0 Å². The van der Waals surface area contributed by atoms with Crippen LogP contribution in [0.25, 0.3) is 16.9 Å². The Balaban J connectivity index is 1.65. The standard InChI is InChI=1S/C21H20N4O/c1-14-7-6-10-18(15(14)2)22-13-17-11-21(26)25-20(23-17)12-19(24-25)16-8-4-3-5-9-16/h3-12,22,24H,13H2,1-2H3. The highest BCUT2D eigenvalue weighted by atomic mass is 16.1. The number of rotatable bonds is 4. The maximum atomic E-state index is 12.4. The SMILES string of the molecule is Cc1cccc(NCc2cc(=O)n3[nH]c(-c4ccccc4)cc3n2)c1C. The number of aryl methyl sites for hydroxylation is 1. The molecule has 0 spiro atoms. The van der Waals surface area contributed by atoms with Crippen LogP contribution in [0.3, 0.4) is 0 Å². The minimum Gasteiger partial charge on any atom is -0.379 e. The summed E-state index contributed by atoms with van der Waals surface area (Å²) in [6.07, 6.45) is 0. The Morgan fingerprint density at radius 2 is 1.85 bits per heavy atom. The summed E-state index contributed by atoms with van der Waals surface area (Å²) in [7, 11) is 0. The van der Waals surface area contributed by atoms with Gasteiger partial charge in [0, 0.05) is 17.8 Å². The Morgan fingerprint density at radius 3 is 2.65 bits per heavy atom. The predicted octanol–water partition coefficient (Wildman–Crippen LogP) is 3.92. The van der Waals surface area contributed by atoms with Gasteiger partial charge in [-0.05, 0) is 36.6 Å². The molecule has 2 aromatic heterocycles. The van der Waals surface area contributed by atoms with Crippen molar-refractivity contribution >= 4 is 11.3 Å². The van der Waals surface area contributed by atoms with E-state index in [2.05, 4.69) is 35.3 Å². The van der Waals surface area contributed by atoms with Crippen molar-refractivity contribution in [3.8, 4) is 11.3 Å². The van der Waals surface area contributed by atoms with Gasteiger partial charge in [-0.25, -0.2) is 9.50 Å². The van der Waals surface area contributed by atoms with Gasteiger partial charge < -0.3 is 5.32 Å². The zero-order chi connectivity index (χ0) is 18.1. The van der Waals surface area contributed by atoms with Crippen LogP contribution in [0, 0.1) is 13.8 Å². The van der Waals surface area contributed by atoms with Gasteiger partial charge >= 0.3 is 0 Å². The minimum atomic E-state index is -0.116. The molecule has 0 amide bonds. The third-order valence-corrected chi connectivity index (χ3v) is 4.65. The molecule has 0 bridgehead atoms. The van der Waals surface area contributed by atoms with Crippen molar-refractivity contribution < 1.29 is 0 Å². The number of hydrogen-bond donors (Lipinski definition) is 2. The highest BCUT2D eigenvalue weighted by Crippen LogP contribution is 2.20. The van der Waals surface area contributed by atoms with E-state index in [1.165, 1.54) is 15.6 Å². The van der Waals surface area contributed by atoms with Crippen LogP contribution < -0.4 is 10.9 Å². The normalized spacial score (nSPS) is 11.0. The Morgan fingerprint density at radius 1 is 1.04 bits per heavy atom. The fourth-order valence-electron chi connectivity index (χ4n) is 3.02. The number of hydrogen-bond acceptors (Lipinski definition) is 3. The summed E-state index contributed by atoms with van der Waals surface area (Å²) >= 11 is 0. The van der Waals surface area contributed by atoms with Gasteiger partial charge in [-0.2, -0.15) is 0 Å². The van der Waals surface area contributed by atoms with Crippen molar-refractivity contribution in [1.29, 1.82) is 0 Å². The van der Waals surface area contributed by atoms with Crippen LogP contribution in [0.4, 0.5) is 5.69 Å². The Kier molecular flexibility index (Phi) is 4.05. The lowest BCUT2D eigenvalue weighted by Crippen LogP contribution is -2.17. The minimum absolute atomic E-state index is 0.116. The summed E-state index contributed by atoms with van der Waals surface area (Å²) in [5, 5.41) is 6.50. The van der Waals surface area contributed by atoms with E-state index < -0.39 is 0 Å². The topological polar surface area (TPSA) is 62.2 Å². The molecule has 26 heavy (non-hydrogen) atoms. The summed E-state index contributed by atoms with van der Waals surface area (Å²) < 4.78 is 1.48. The molecule has 0 radical (unpaired) electrons. The lowest BCUT2D eigenvalue weighted by atomic mass is 10.1. The summed E-state index contributed by atoms with van der Waals surface area (Å²) in [6.45, 7) is 4.67. The van der Waals surface area contributed by atoms with Gasteiger partial charge in [0.05, 0.1) is 17.9 Å². The molecular weight excluding hydrogens is 324 g/mol. The summed E-state index contributed by atoms with van der Waals surface area (Å²) in [4.78, 5) is 17.1. The molecule has 0 saturated heterocycles. The number of aromatic nitrogens is 3. The summed E-state index contributed by atoms with van der Waals surface area (Å²) in [5.41, 5.74) is 6.61. The first-order valence-corrected chi connectivity index (χ1v) is 8.59. The molecule has 2 aromatic carbocycles. The van der Waals surface area contributed by atoms with Crippen LogP contribution in [0.15, 0.2) is 65.5 Å². The quantitative estimate of drug-likeness (QED) is 0.590. The number of nitrogens with one attached hydrogen (secondary N) is 2. The van der Waals surface area contributed by atoms with Crippen molar-refractivity contribution in [2.75, 3.05) is 5.32 Å². The molecule has 4 aromatic rings. The molecule has 5 heteroatoms. The van der Waals surface area contributed by atoms with Crippen molar-refractivity contribution in [2.45, 2.75) is 20.4 Å². The third-order valence-electron chi connectivity index (χ3n) is 4.65. The van der Waals surface area contributed by atoms with E-state index in [4.69, 9.17) is 0 Å². The molecule has 0 atom stereocenters. The van der Waals surface area contributed by atoms with Gasteiger partial charge in [0.2, 0.25) is 0 Å². The fraction of sp³-hybridized carbons (Fsp3) is 0.143. The van der Waals surface area contributed by atoms with Crippen LogP contribution in [-0.2, 0) is 6.54 Å². The van der Waals surface area contributed by atoms with Crippen molar-refractivity contribution in [3.63, 3.8) is 0 Å². The molecular formula is C21H20N4O. The second kappa shape index (κ2) is 6.52. The van der Waals surface area contributed by atoms with Crippen molar-refractivity contribution in [2.24, 2.45) is 0 Å². The molecule has 5 nitrogen and oxygen atoms in total. The molecule has 4 rings (SSSR count). The van der Waals surface area contributed by atoms with E-state index in [1.54, 1.807) is 6.07 Å². The largest absolute Gasteiger partial charge is 0.379 e. The number of benzene rings is 2. The lowest BCUT2D eigenvalue weighted by molar-refractivity contribution is 0.880. The molecule has 0 aliphatic carbocycles. The molecule has 0 aliphatic rings. The van der Waals surface area contributed by atoms with E-state index in [9.17, 15) is 4.79 Å². The molecule has 2 N–H and O–H groups in total. The predicted molar refractivity (Wildman–Crippen MR) is 104 cm³/mol. The average molecular weight is 344 g/mol. The zero-order valence-electron chi connectivity index (χ0n) is 14.8. The lowest BCUT2D eigenvalue weighted by Gasteiger charge is -2.11. The van der Waals surface area contributed by atoms with E-state index in [1.807, 2.05) is 48.5 Å². The van der Waals surface area contributed by atoms with E-state index in [-0.39, 0.29) is 5.56 Å². The number of aromatic amines is 1. The third kappa shape index (κ3) is 2.99. The second-order valence-corrected chi connectivity index (χ2v) is 6.42. The first-order chi connectivity index (χ1) is 12.6. The number of fused-ring (bicyclic) bond motifs is 1. The Labute approximate surface area is 151 Å². The Hall–Kier alpha value is -3.34. The Bertz CT molecular complexity index is 1130. The van der Waals surface area contributed by atoms with Crippen LogP contribution in [-0.4, -0.2) is 14.6 Å². The summed E-state index contributed by atoms with van der Waals surface area (Å²) in [5.74, 6) is 0. The maximum Gasteiger partial charge on any atom is 0.272 e. The number of anilines is 1. The van der Waals surface area contributed by atoms with Crippen molar-refractivity contribution in [1.82, 2.24) is 14.6 Å². The number of nitrogens with zero attached hydrogens (tertiary/aromatic N) is 2. The van der Waals surface area contributed by atoms with Crippen molar-refractivity contribution in [3.05, 3.63) is 87.8 Å². The first kappa shape index (κ1) is 16.1. The molecule has 2 heterocycles. The highest BCUT2D eigenvalue weighted by molar-refractivity contribution is 5.64. The van der Waals surface area contributed by atoms with Gasteiger partial charge in [0.15, 0.2) is 5.65 Å². The van der Waals surface area contributed by atoms with Gasteiger partial charge in [-0.3, -0.25) is 9.89 Å². The second-order valence-electron chi connectivity index (χ2n) is 6.42. The average Bonchev–Trinajstić information content (AvgIpc) is 3.08. The van der Waals surface area contributed by atoms with Crippen LogP contribution >= 0.6 is 0 Å². The first-order valence-electron chi connectivity index (χ1n) is 8.59.